The molecule has 0 atom stereocenters. The molecule has 42 heavy (non-hydrogen) atoms. The first-order valence-corrected chi connectivity index (χ1v) is 14.2. The molecule has 4 N–H and O–H groups in total. The van der Waals surface area contributed by atoms with Crippen molar-refractivity contribution >= 4 is 33.9 Å². The van der Waals surface area contributed by atoms with E-state index in [-0.39, 0.29) is 6.61 Å². The summed E-state index contributed by atoms with van der Waals surface area (Å²) >= 11 is 0. The number of carboxylic acids is 1. The van der Waals surface area contributed by atoms with Crippen LogP contribution in [0, 0.1) is 19.3 Å². The average Bonchev–Trinajstić information content (AvgIpc) is 3.72. The topological polar surface area (TPSA) is 141 Å². The van der Waals surface area contributed by atoms with Gasteiger partial charge in [-0.25, -0.2) is 19.5 Å². The van der Waals surface area contributed by atoms with Gasteiger partial charge < -0.3 is 20.9 Å². The summed E-state index contributed by atoms with van der Waals surface area (Å²) in [6.45, 7) is 8.46. The third-order valence-electron chi connectivity index (χ3n) is 8.13. The molecule has 5 aromatic rings. The fraction of sp³-hybridized carbons (Fsp3) is 0.344. The number of ether oxygens (including phenoxy) is 1. The SMILES string of the molecule is Cc1cc2c(N)nccc2c(C)c1CNc1cc(OCc2cc3cc(C4CC4)cc(CC(C)(C)C(=O)O)n3n2)ncn1. The first-order valence-electron chi connectivity index (χ1n) is 14.2. The van der Waals surface area contributed by atoms with Crippen molar-refractivity contribution in [2.24, 2.45) is 5.41 Å². The number of nitrogens with two attached hydrogens (primary N) is 1. The highest BCUT2D eigenvalue weighted by Gasteiger charge is 2.31. The van der Waals surface area contributed by atoms with Crippen molar-refractivity contribution in [1.82, 2.24) is 24.6 Å². The summed E-state index contributed by atoms with van der Waals surface area (Å²) in [5.74, 6) is 1.33. The van der Waals surface area contributed by atoms with Crippen LogP contribution in [0.2, 0.25) is 0 Å². The number of anilines is 2. The molecule has 1 aromatic carbocycles. The highest BCUT2D eigenvalue weighted by atomic mass is 16.5. The number of aliphatic carboxylic acids is 1. The first-order chi connectivity index (χ1) is 20.1. The largest absolute Gasteiger partial charge is 0.481 e. The van der Waals surface area contributed by atoms with Crippen LogP contribution < -0.4 is 15.8 Å². The van der Waals surface area contributed by atoms with Gasteiger partial charge in [0.2, 0.25) is 5.88 Å². The lowest BCUT2D eigenvalue weighted by molar-refractivity contribution is -0.146. The van der Waals surface area contributed by atoms with Crippen LogP contribution in [0.3, 0.4) is 0 Å². The monoisotopic (exact) mass is 565 g/mol. The number of hydrogen-bond acceptors (Lipinski definition) is 8. The lowest BCUT2D eigenvalue weighted by atomic mass is 9.87. The molecule has 0 radical (unpaired) electrons. The van der Waals surface area contributed by atoms with E-state index >= 15 is 0 Å². The molecule has 0 spiro atoms. The predicted octanol–water partition coefficient (Wildman–Crippen LogP) is 5.59. The molecule has 10 nitrogen and oxygen atoms in total. The van der Waals surface area contributed by atoms with Gasteiger partial charge in [-0.15, -0.1) is 0 Å². The minimum atomic E-state index is -0.906. The van der Waals surface area contributed by atoms with Crippen molar-refractivity contribution in [2.45, 2.75) is 66.0 Å². The summed E-state index contributed by atoms with van der Waals surface area (Å²) in [5.41, 5.74) is 12.5. The predicted molar refractivity (Wildman–Crippen MR) is 162 cm³/mol. The summed E-state index contributed by atoms with van der Waals surface area (Å²) < 4.78 is 7.87. The van der Waals surface area contributed by atoms with Crippen molar-refractivity contribution in [3.05, 3.63) is 82.6 Å². The highest BCUT2D eigenvalue weighted by Crippen LogP contribution is 2.41. The number of nitrogens with one attached hydrogen (secondary N) is 1. The Bertz CT molecular complexity index is 1820. The van der Waals surface area contributed by atoms with Gasteiger partial charge >= 0.3 is 5.97 Å². The van der Waals surface area contributed by atoms with Crippen molar-refractivity contribution in [3.8, 4) is 5.88 Å². The molecule has 0 amide bonds. The molecule has 4 aromatic heterocycles. The molecular formula is C32H35N7O3. The maximum atomic E-state index is 11.8. The summed E-state index contributed by atoms with van der Waals surface area (Å²) in [6, 6.07) is 12.1. The Balaban J connectivity index is 1.18. The summed E-state index contributed by atoms with van der Waals surface area (Å²) in [5, 5.41) is 19.9. The molecule has 10 heteroatoms. The van der Waals surface area contributed by atoms with E-state index in [9.17, 15) is 9.90 Å². The number of aryl methyl sites for hydroxylation is 2. The number of nitrogens with zero attached hydrogens (tertiary/aromatic N) is 5. The van der Waals surface area contributed by atoms with E-state index in [0.717, 1.165) is 51.6 Å². The van der Waals surface area contributed by atoms with Gasteiger partial charge in [0.05, 0.1) is 10.9 Å². The van der Waals surface area contributed by atoms with Crippen LogP contribution in [-0.2, 0) is 24.4 Å². The Morgan fingerprint density at radius 2 is 1.93 bits per heavy atom. The standard InChI is InChI=1S/C32H35N7O3/c1-18-9-26-25(7-8-34-30(26)33)19(2)27(18)15-35-28-13-29(37-17-36-28)42-16-22-12-23-10-21(20-5-6-20)11-24(39(23)38-22)14-32(3,4)31(40)41/h7-13,17,20H,5-6,14-16H2,1-4H3,(H2,33,34)(H,40,41)(H,35,36,37). The number of carboxylic acid groups (broad SMARTS) is 1. The number of hydrogen-bond donors (Lipinski definition) is 3. The second-order valence-corrected chi connectivity index (χ2v) is 11.9. The molecular weight excluding hydrogens is 530 g/mol. The van der Waals surface area contributed by atoms with Gasteiger partial charge in [0.25, 0.3) is 0 Å². The van der Waals surface area contributed by atoms with Crippen molar-refractivity contribution < 1.29 is 14.6 Å². The lowest BCUT2D eigenvalue weighted by Gasteiger charge is -2.20. The zero-order valence-corrected chi connectivity index (χ0v) is 24.3. The molecule has 1 fully saturated rings. The van der Waals surface area contributed by atoms with Gasteiger partial charge in [-0.05, 0) is 104 Å². The number of carbonyl (C=O) groups is 1. The summed E-state index contributed by atoms with van der Waals surface area (Å²) in [6.07, 6.45) is 5.92. The second kappa shape index (κ2) is 10.6. The van der Waals surface area contributed by atoms with Gasteiger partial charge in [-0.3, -0.25) is 4.79 Å². The van der Waals surface area contributed by atoms with Crippen molar-refractivity contribution in [2.75, 3.05) is 11.1 Å². The number of aromatic nitrogens is 5. The lowest BCUT2D eigenvalue weighted by Crippen LogP contribution is -2.27. The van der Waals surface area contributed by atoms with E-state index in [0.29, 0.717) is 36.4 Å². The second-order valence-electron chi connectivity index (χ2n) is 11.9. The zero-order chi connectivity index (χ0) is 29.6. The maximum absolute atomic E-state index is 11.8. The van der Waals surface area contributed by atoms with E-state index in [1.807, 2.05) is 16.6 Å². The molecule has 4 heterocycles. The Kier molecular flexibility index (Phi) is 6.92. The quantitative estimate of drug-likeness (QED) is 0.197. The number of rotatable bonds is 10. The van der Waals surface area contributed by atoms with Crippen LogP contribution in [0.15, 0.2) is 48.9 Å². The summed E-state index contributed by atoms with van der Waals surface area (Å²) in [7, 11) is 0. The fourth-order valence-corrected chi connectivity index (χ4v) is 5.47. The van der Waals surface area contributed by atoms with E-state index in [4.69, 9.17) is 15.6 Å². The fourth-order valence-electron chi connectivity index (χ4n) is 5.47. The van der Waals surface area contributed by atoms with Crippen molar-refractivity contribution in [3.63, 3.8) is 0 Å². The normalized spacial score (nSPS) is 13.5. The Morgan fingerprint density at radius 3 is 2.69 bits per heavy atom. The molecule has 0 unspecified atom stereocenters. The van der Waals surface area contributed by atoms with Crippen LogP contribution in [0.25, 0.3) is 16.3 Å². The first kappa shape index (κ1) is 27.4. The molecule has 1 aliphatic rings. The minimum absolute atomic E-state index is 0.219. The van der Waals surface area contributed by atoms with E-state index in [1.54, 1.807) is 26.1 Å². The Hall–Kier alpha value is -4.73. The number of pyridine rings is 2. The zero-order valence-electron chi connectivity index (χ0n) is 24.3. The number of fused-ring (bicyclic) bond motifs is 2. The van der Waals surface area contributed by atoms with E-state index in [2.05, 4.69) is 52.3 Å². The number of nitrogen functional groups attached to an aromatic ring is 1. The van der Waals surface area contributed by atoms with Crippen LogP contribution >= 0.6 is 0 Å². The molecule has 1 saturated carbocycles. The van der Waals surface area contributed by atoms with Crippen molar-refractivity contribution in [1.29, 1.82) is 0 Å². The molecule has 1 aliphatic carbocycles. The Labute approximate surface area is 244 Å². The molecule has 216 valence electrons. The number of benzene rings is 1. The highest BCUT2D eigenvalue weighted by molar-refractivity contribution is 5.94. The van der Waals surface area contributed by atoms with Gasteiger partial charge in [-0.1, -0.05) is 0 Å². The third kappa shape index (κ3) is 5.44. The smallest absolute Gasteiger partial charge is 0.309 e. The van der Waals surface area contributed by atoms with Crippen LogP contribution in [0.1, 0.15) is 66.2 Å². The van der Waals surface area contributed by atoms with Crippen LogP contribution in [0.5, 0.6) is 5.88 Å². The maximum Gasteiger partial charge on any atom is 0.309 e. The van der Waals surface area contributed by atoms with Gasteiger partial charge in [-0.2, -0.15) is 5.10 Å². The molecule has 0 aliphatic heterocycles. The van der Waals surface area contributed by atoms with Crippen LogP contribution in [0.4, 0.5) is 11.6 Å². The summed E-state index contributed by atoms with van der Waals surface area (Å²) in [4.78, 5) is 24.7. The molecule has 6 rings (SSSR count). The third-order valence-corrected chi connectivity index (χ3v) is 8.13. The van der Waals surface area contributed by atoms with Gasteiger partial charge in [0.15, 0.2) is 0 Å². The van der Waals surface area contributed by atoms with E-state index in [1.165, 1.54) is 17.5 Å². The van der Waals surface area contributed by atoms with E-state index < -0.39 is 11.4 Å². The van der Waals surface area contributed by atoms with Gasteiger partial charge in [0, 0.05) is 36.3 Å². The van der Waals surface area contributed by atoms with Crippen LogP contribution in [-0.4, -0.2) is 35.6 Å². The minimum Gasteiger partial charge on any atom is -0.481 e. The molecule has 0 saturated heterocycles. The molecule has 0 bridgehead atoms. The Morgan fingerprint density at radius 1 is 1.12 bits per heavy atom. The van der Waals surface area contributed by atoms with Gasteiger partial charge in [0.1, 0.15) is 30.3 Å². The average molecular weight is 566 g/mol.